The summed E-state index contributed by atoms with van der Waals surface area (Å²) in [7, 11) is 0. The van der Waals surface area contributed by atoms with Gasteiger partial charge in [0.1, 0.15) is 0 Å². The van der Waals surface area contributed by atoms with Gasteiger partial charge in [-0.15, -0.1) is 0 Å². The molecule has 1 nitrogen and oxygen atoms in total. The third kappa shape index (κ3) is 5.04. The molecule has 0 aliphatic rings. The highest BCUT2D eigenvalue weighted by Crippen LogP contribution is 1.89. The summed E-state index contributed by atoms with van der Waals surface area (Å²) in [5.41, 5.74) is 0.841. The first kappa shape index (κ1) is 8.18. The van der Waals surface area contributed by atoms with Gasteiger partial charge in [0.25, 0.3) is 0 Å². The molecule has 0 fully saturated rings. The van der Waals surface area contributed by atoms with E-state index in [1.165, 1.54) is 0 Å². The lowest BCUT2D eigenvalue weighted by atomic mass is 10.3. The molecule has 0 saturated heterocycles. The predicted molar refractivity (Wildman–Crippen MR) is 41.6 cm³/mol. The van der Waals surface area contributed by atoms with Crippen LogP contribution in [0.25, 0.3) is 0 Å². The van der Waals surface area contributed by atoms with Crippen LogP contribution in [-0.2, 0) is 0 Å². The Bertz CT molecular complexity index is 132. The summed E-state index contributed by atoms with van der Waals surface area (Å²) in [6.07, 6.45) is 7.58. The molecule has 1 heteroatoms. The molecule has 0 unspecified atom stereocenters. The van der Waals surface area contributed by atoms with Crippen LogP contribution in [0.4, 0.5) is 0 Å². The van der Waals surface area contributed by atoms with Gasteiger partial charge in [-0.3, -0.25) is 0 Å². The molecule has 0 bridgehead atoms. The van der Waals surface area contributed by atoms with Gasteiger partial charge >= 0.3 is 0 Å². The van der Waals surface area contributed by atoms with Crippen molar-refractivity contribution in [3.63, 3.8) is 0 Å². The van der Waals surface area contributed by atoms with Crippen LogP contribution in [0.5, 0.6) is 0 Å². The summed E-state index contributed by atoms with van der Waals surface area (Å²) in [6.45, 7) is 5.87. The van der Waals surface area contributed by atoms with Gasteiger partial charge in [0.05, 0.1) is 0 Å². The van der Waals surface area contributed by atoms with Crippen molar-refractivity contribution in [1.82, 2.24) is 0 Å². The molecule has 0 amide bonds. The van der Waals surface area contributed by atoms with E-state index in [0.717, 1.165) is 5.57 Å². The molecular formula is C8H13O+. The lowest BCUT2D eigenvalue weighted by Gasteiger charge is -1.83. The predicted octanol–water partition coefficient (Wildman–Crippen LogP) is 1.40. The summed E-state index contributed by atoms with van der Waals surface area (Å²) < 4.78 is 0. The quantitative estimate of drug-likeness (QED) is 0.402. The molecule has 0 aromatic rings. The zero-order chi connectivity index (χ0) is 7.11. The van der Waals surface area contributed by atoms with Crippen molar-refractivity contribution in [2.24, 2.45) is 0 Å². The van der Waals surface area contributed by atoms with Crippen LogP contribution < -0.4 is 0 Å². The number of hydrogen-bond donors (Lipinski definition) is 0. The van der Waals surface area contributed by atoms with Gasteiger partial charge in [-0.2, -0.15) is 0 Å². The van der Waals surface area contributed by atoms with Gasteiger partial charge in [-0.05, 0) is 6.92 Å². The van der Waals surface area contributed by atoms with E-state index < -0.39 is 0 Å². The van der Waals surface area contributed by atoms with Crippen molar-refractivity contribution in [2.45, 2.75) is 6.92 Å². The molecule has 0 rings (SSSR count). The maximum absolute atomic E-state index is 6.87. The number of allylic oxidation sites excluding steroid dienone is 3. The van der Waals surface area contributed by atoms with E-state index in [0.29, 0.717) is 0 Å². The van der Waals surface area contributed by atoms with E-state index in [1.54, 1.807) is 0 Å². The van der Waals surface area contributed by atoms with Crippen molar-refractivity contribution in [3.05, 3.63) is 36.5 Å². The van der Waals surface area contributed by atoms with Crippen LogP contribution in [0.15, 0.2) is 36.5 Å². The minimum atomic E-state index is 0.286. The molecule has 0 spiro atoms. The fraction of sp³-hybridized carbons (Fsp3) is 0.250. The molecule has 9 heavy (non-hydrogen) atoms. The van der Waals surface area contributed by atoms with Crippen LogP contribution in [0.1, 0.15) is 6.92 Å². The van der Waals surface area contributed by atoms with Gasteiger partial charge < -0.3 is 5.11 Å². The van der Waals surface area contributed by atoms with E-state index >= 15 is 0 Å². The van der Waals surface area contributed by atoms with E-state index in [9.17, 15) is 0 Å². The topological polar surface area (TPSA) is 22.9 Å². The number of rotatable bonds is 3. The first-order chi connectivity index (χ1) is 4.31. The van der Waals surface area contributed by atoms with Crippen molar-refractivity contribution < 1.29 is 5.11 Å². The third-order valence-corrected chi connectivity index (χ3v) is 0.863. The van der Waals surface area contributed by atoms with Gasteiger partial charge in [0, 0.05) is 5.57 Å². The molecular weight excluding hydrogens is 112 g/mol. The zero-order valence-electron chi connectivity index (χ0n) is 5.72. The van der Waals surface area contributed by atoms with E-state index in [2.05, 4.69) is 6.58 Å². The largest absolute Gasteiger partial charge is 0.442 e. The summed E-state index contributed by atoms with van der Waals surface area (Å²) in [4.78, 5) is 0. The second-order valence-electron chi connectivity index (χ2n) is 1.72. The Kier molecular flexibility index (Phi) is 4.83. The van der Waals surface area contributed by atoms with Crippen molar-refractivity contribution in [1.29, 1.82) is 0 Å². The first-order valence-corrected chi connectivity index (χ1v) is 2.93. The van der Waals surface area contributed by atoms with Crippen molar-refractivity contribution in [2.75, 3.05) is 6.61 Å². The molecule has 0 aliphatic heterocycles. The maximum Gasteiger partial charge on any atom is 0.169 e. The van der Waals surface area contributed by atoms with Gasteiger partial charge in [0.15, 0.2) is 6.61 Å². The minimum Gasteiger partial charge on any atom is -0.442 e. The molecule has 0 atom stereocenters. The van der Waals surface area contributed by atoms with Crippen LogP contribution in [0.2, 0.25) is 0 Å². The molecule has 0 radical (unpaired) electrons. The minimum absolute atomic E-state index is 0.286. The van der Waals surface area contributed by atoms with Gasteiger partial charge in [-0.25, -0.2) is 0 Å². The smallest absolute Gasteiger partial charge is 0.169 e. The molecule has 0 aromatic heterocycles. The molecule has 2 N–H and O–H groups in total. The monoisotopic (exact) mass is 125 g/mol. The summed E-state index contributed by atoms with van der Waals surface area (Å²) in [5.74, 6) is 0. The lowest BCUT2D eigenvalue weighted by Crippen LogP contribution is -1.80. The summed E-state index contributed by atoms with van der Waals surface area (Å²) >= 11 is 0. The second-order valence-corrected chi connectivity index (χ2v) is 1.72. The molecule has 0 aromatic carbocycles. The number of hydrogen-bond acceptors (Lipinski definition) is 0. The van der Waals surface area contributed by atoms with E-state index in [-0.39, 0.29) is 6.61 Å². The highest BCUT2D eigenvalue weighted by molar-refractivity contribution is 5.18. The van der Waals surface area contributed by atoms with Crippen molar-refractivity contribution >= 4 is 0 Å². The molecule has 50 valence electrons. The van der Waals surface area contributed by atoms with Crippen LogP contribution >= 0.6 is 0 Å². The summed E-state index contributed by atoms with van der Waals surface area (Å²) in [5, 5.41) is 6.87. The van der Waals surface area contributed by atoms with Crippen LogP contribution in [-0.4, -0.2) is 11.7 Å². The maximum atomic E-state index is 6.87. The normalized spacial score (nSPS) is 11.3. The Balaban J connectivity index is 3.57. The fourth-order valence-electron chi connectivity index (χ4n) is 0.362. The standard InChI is InChI=1S/C8H12O/c1-3-4-5-6-8(2)7-9/h3-6,9H,2,7H2,1H3/p+1/b4-3-,6-5-. The average Bonchev–Trinajstić information content (AvgIpc) is 1.89. The van der Waals surface area contributed by atoms with Gasteiger partial charge in [0.2, 0.25) is 0 Å². The van der Waals surface area contributed by atoms with Gasteiger partial charge in [-0.1, -0.05) is 30.9 Å². The highest BCUT2D eigenvalue weighted by atomic mass is 16.3. The Morgan fingerprint density at radius 2 is 2.22 bits per heavy atom. The highest BCUT2D eigenvalue weighted by Gasteiger charge is 1.81. The molecule has 0 heterocycles. The van der Waals surface area contributed by atoms with Crippen LogP contribution in [0, 0.1) is 0 Å². The SMILES string of the molecule is C=C(/C=C\C=C/C)C[OH2+]. The Hall–Kier alpha value is -0.820. The van der Waals surface area contributed by atoms with Crippen molar-refractivity contribution in [3.8, 4) is 0 Å². The molecule has 0 saturated carbocycles. The fourth-order valence-corrected chi connectivity index (χ4v) is 0.362. The first-order valence-electron chi connectivity index (χ1n) is 2.93. The molecule has 0 aliphatic carbocycles. The zero-order valence-corrected chi connectivity index (χ0v) is 5.72. The average molecular weight is 125 g/mol. The second kappa shape index (κ2) is 5.32. The Labute approximate surface area is 56.0 Å². The van der Waals surface area contributed by atoms with E-state index in [4.69, 9.17) is 5.11 Å². The van der Waals surface area contributed by atoms with Crippen LogP contribution in [0.3, 0.4) is 0 Å². The lowest BCUT2D eigenvalue weighted by molar-refractivity contribution is 0.335. The summed E-state index contributed by atoms with van der Waals surface area (Å²) in [6, 6.07) is 0. The Morgan fingerprint density at radius 3 is 2.67 bits per heavy atom. The third-order valence-electron chi connectivity index (χ3n) is 0.863. The van der Waals surface area contributed by atoms with E-state index in [1.807, 2.05) is 31.2 Å². The Morgan fingerprint density at radius 1 is 1.56 bits per heavy atom.